The average Bonchev–Trinajstić information content (AvgIpc) is 2.73. The van der Waals surface area contributed by atoms with Gasteiger partial charge in [0.25, 0.3) is 16.0 Å². The molecule has 10 heteroatoms. The lowest BCUT2D eigenvalue weighted by molar-refractivity contribution is -0.132. The van der Waals surface area contributed by atoms with Gasteiger partial charge in [-0.3, -0.25) is 9.35 Å². The fourth-order valence-electron chi connectivity index (χ4n) is 1.81. The fourth-order valence-corrected chi connectivity index (χ4v) is 2.35. The maximum Gasteiger partial charge on any atom is 0.357 e. The number of nitrogen functional groups attached to an aromatic ring is 1. The van der Waals surface area contributed by atoms with Gasteiger partial charge in [-0.15, -0.1) is 10.2 Å². The van der Waals surface area contributed by atoms with Crippen molar-refractivity contribution in [1.82, 2.24) is 0 Å². The van der Waals surface area contributed by atoms with Crippen molar-refractivity contribution in [2.45, 2.75) is 11.8 Å². The Balaban J connectivity index is 2.81. The lowest BCUT2D eigenvalue weighted by Gasteiger charge is -2.10. The van der Waals surface area contributed by atoms with E-state index in [1.165, 1.54) is 6.92 Å². The Morgan fingerprint density at radius 3 is 2.43 bits per heavy atom. The number of carbonyl (C=O) groups excluding carboxylic acids is 1. The van der Waals surface area contributed by atoms with Crippen LogP contribution in [-0.4, -0.2) is 30.0 Å². The summed E-state index contributed by atoms with van der Waals surface area (Å²) < 4.78 is 31.5. The summed E-state index contributed by atoms with van der Waals surface area (Å²) in [6.07, 6.45) is 0. The molecule has 0 radical (unpaired) electrons. The highest BCUT2D eigenvalue weighted by atomic mass is 32.2. The number of hydrogen-bond donors (Lipinski definition) is 3. The largest absolute Gasteiger partial charge is 0.476 e. The Kier molecular flexibility index (Phi) is 3.35. The Hall–Kier alpha value is -2.59. The number of azo groups is 1. The number of nitrogens with two attached hydrogens (primary N) is 1. The van der Waals surface area contributed by atoms with Gasteiger partial charge in [-0.25, -0.2) is 4.79 Å². The first-order chi connectivity index (χ1) is 9.62. The summed E-state index contributed by atoms with van der Waals surface area (Å²) in [4.78, 5) is 22.2. The number of aliphatic carboxylic acids is 1. The van der Waals surface area contributed by atoms with E-state index in [0.29, 0.717) is 0 Å². The summed E-state index contributed by atoms with van der Waals surface area (Å²) >= 11 is 0. The van der Waals surface area contributed by atoms with E-state index < -0.39 is 32.6 Å². The van der Waals surface area contributed by atoms with Gasteiger partial charge in [0.05, 0.1) is 10.5 Å². The normalized spacial score (nSPS) is 14.9. The Morgan fingerprint density at radius 2 is 1.90 bits per heavy atom. The number of anilines is 1. The molecule has 1 aromatic rings. The first-order valence-corrected chi connectivity index (χ1v) is 6.88. The molecule has 0 bridgehead atoms. The number of carboxylic acid groups (broad SMARTS) is 1. The predicted octanol–water partition coefficient (Wildman–Crippen LogP) is 0.612. The van der Waals surface area contributed by atoms with E-state index in [1.54, 1.807) is 0 Å². The number of hydrogen-bond acceptors (Lipinski definition) is 6. The van der Waals surface area contributed by atoms with Crippen molar-refractivity contribution in [3.63, 3.8) is 0 Å². The molecule has 0 aliphatic carbocycles. The number of amides is 1. The molecular formula is C11H9N3O6S. The third-order valence-corrected chi connectivity index (χ3v) is 3.71. The van der Waals surface area contributed by atoms with Crippen LogP contribution >= 0.6 is 0 Å². The van der Waals surface area contributed by atoms with Crippen LogP contribution in [0.2, 0.25) is 0 Å². The van der Waals surface area contributed by atoms with E-state index in [0.717, 1.165) is 12.1 Å². The molecule has 0 aromatic heterocycles. The van der Waals surface area contributed by atoms with E-state index in [4.69, 9.17) is 15.4 Å². The molecule has 0 saturated heterocycles. The van der Waals surface area contributed by atoms with Gasteiger partial charge in [0, 0.05) is 5.69 Å². The van der Waals surface area contributed by atoms with Gasteiger partial charge in [-0.1, -0.05) is 0 Å². The van der Waals surface area contributed by atoms with Gasteiger partial charge in [0.2, 0.25) is 0 Å². The van der Waals surface area contributed by atoms with Crippen LogP contribution in [0.15, 0.2) is 33.0 Å². The minimum atomic E-state index is -4.57. The van der Waals surface area contributed by atoms with Crippen molar-refractivity contribution >= 4 is 33.3 Å². The summed E-state index contributed by atoms with van der Waals surface area (Å²) in [5.74, 6) is -2.42. The van der Waals surface area contributed by atoms with Crippen LogP contribution in [0.3, 0.4) is 0 Å². The smallest absolute Gasteiger partial charge is 0.357 e. The number of rotatable bonds is 3. The van der Waals surface area contributed by atoms with Gasteiger partial charge in [-0.2, -0.15) is 8.42 Å². The molecule has 0 saturated carbocycles. The second-order valence-corrected chi connectivity index (χ2v) is 5.62. The molecule has 1 aliphatic heterocycles. The van der Waals surface area contributed by atoms with Gasteiger partial charge in [0.1, 0.15) is 0 Å². The molecule has 2 rings (SSSR count). The predicted molar refractivity (Wildman–Crippen MR) is 69.8 cm³/mol. The molecule has 4 N–H and O–H groups in total. The number of carbonyl (C=O) groups is 2. The van der Waals surface area contributed by atoms with E-state index in [9.17, 15) is 18.0 Å². The van der Waals surface area contributed by atoms with Crippen molar-refractivity contribution in [3.8, 4) is 0 Å². The molecule has 9 nitrogen and oxygen atoms in total. The Labute approximate surface area is 118 Å². The standard InChI is InChI=1S/C11H9N3O6S/c1-4-6(2-5(3-7(4)12)21(18,19)20)8-9(11(16)17)13-14-10(8)15/h2-3H,12H2,1H3,(H,16,17)(H,18,19,20). The third kappa shape index (κ3) is 2.53. The lowest BCUT2D eigenvalue weighted by atomic mass is 9.97. The maximum absolute atomic E-state index is 11.7. The molecule has 110 valence electrons. The Morgan fingerprint density at radius 1 is 1.29 bits per heavy atom. The van der Waals surface area contributed by atoms with Crippen molar-refractivity contribution in [2.75, 3.05) is 5.73 Å². The van der Waals surface area contributed by atoms with Crippen molar-refractivity contribution in [1.29, 1.82) is 0 Å². The molecule has 0 unspecified atom stereocenters. The maximum atomic E-state index is 11.7. The summed E-state index contributed by atoms with van der Waals surface area (Å²) in [5, 5.41) is 15.4. The van der Waals surface area contributed by atoms with Crippen LogP contribution in [0.4, 0.5) is 5.69 Å². The first kappa shape index (κ1) is 14.8. The van der Waals surface area contributed by atoms with Crippen molar-refractivity contribution in [3.05, 3.63) is 29.0 Å². The van der Waals surface area contributed by atoms with Crippen LogP contribution in [0, 0.1) is 6.92 Å². The van der Waals surface area contributed by atoms with E-state index in [-0.39, 0.29) is 22.4 Å². The SMILES string of the molecule is Cc1c(N)cc(S(=O)(=O)O)cc1C1=C(C(=O)O)N=NC1=O. The number of carboxylic acids is 1. The summed E-state index contributed by atoms with van der Waals surface area (Å²) in [5.41, 5.74) is 4.83. The molecule has 1 amide bonds. The molecule has 0 atom stereocenters. The number of benzene rings is 1. The van der Waals surface area contributed by atoms with Crippen molar-refractivity contribution in [2.24, 2.45) is 10.2 Å². The zero-order chi connectivity index (χ0) is 15.9. The zero-order valence-electron chi connectivity index (χ0n) is 10.6. The Bertz CT molecular complexity index is 838. The topological polar surface area (TPSA) is 159 Å². The molecule has 21 heavy (non-hydrogen) atoms. The molecule has 0 spiro atoms. The minimum Gasteiger partial charge on any atom is -0.476 e. The van der Waals surface area contributed by atoms with E-state index in [2.05, 4.69) is 10.2 Å². The second-order valence-electron chi connectivity index (χ2n) is 4.19. The number of nitrogens with zero attached hydrogens (tertiary/aromatic N) is 2. The van der Waals surface area contributed by atoms with Gasteiger partial charge in [0.15, 0.2) is 5.70 Å². The van der Waals surface area contributed by atoms with E-state index >= 15 is 0 Å². The second kappa shape index (κ2) is 4.75. The quantitative estimate of drug-likeness (QED) is 0.544. The van der Waals surface area contributed by atoms with Crippen molar-refractivity contribution < 1.29 is 27.7 Å². The van der Waals surface area contributed by atoms with Crippen LogP contribution < -0.4 is 5.73 Å². The fraction of sp³-hybridized carbons (Fsp3) is 0.0909. The highest BCUT2D eigenvalue weighted by molar-refractivity contribution is 7.85. The zero-order valence-corrected chi connectivity index (χ0v) is 11.4. The van der Waals surface area contributed by atoms with Crippen LogP contribution in [0.5, 0.6) is 0 Å². The lowest BCUT2D eigenvalue weighted by Crippen LogP contribution is -2.08. The molecule has 0 fully saturated rings. The van der Waals surface area contributed by atoms with Crippen LogP contribution in [0.1, 0.15) is 11.1 Å². The highest BCUT2D eigenvalue weighted by Crippen LogP contribution is 2.33. The minimum absolute atomic E-state index is 0.0305. The van der Waals surface area contributed by atoms with Crippen LogP contribution in [-0.2, 0) is 19.7 Å². The third-order valence-electron chi connectivity index (χ3n) is 2.88. The molecule has 1 heterocycles. The van der Waals surface area contributed by atoms with E-state index in [1.807, 2.05) is 0 Å². The first-order valence-electron chi connectivity index (χ1n) is 5.44. The molecular weight excluding hydrogens is 302 g/mol. The summed E-state index contributed by atoms with van der Waals surface area (Å²) in [6.45, 7) is 1.47. The summed E-state index contributed by atoms with van der Waals surface area (Å²) in [6, 6.07) is 1.95. The van der Waals surface area contributed by atoms with Gasteiger partial charge < -0.3 is 10.8 Å². The summed E-state index contributed by atoms with van der Waals surface area (Å²) in [7, 11) is -4.57. The molecule has 1 aliphatic rings. The van der Waals surface area contributed by atoms with Gasteiger partial charge >= 0.3 is 5.97 Å². The van der Waals surface area contributed by atoms with Gasteiger partial charge in [-0.05, 0) is 30.2 Å². The highest BCUT2D eigenvalue weighted by Gasteiger charge is 2.30. The average molecular weight is 311 g/mol. The molecule has 1 aromatic carbocycles. The van der Waals surface area contributed by atoms with Crippen LogP contribution in [0.25, 0.3) is 5.57 Å². The monoisotopic (exact) mass is 311 g/mol.